The van der Waals surface area contributed by atoms with Crippen LogP contribution in [0.1, 0.15) is 31.2 Å². The van der Waals surface area contributed by atoms with Crippen LogP contribution in [0, 0.1) is 0 Å². The fourth-order valence-electron chi connectivity index (χ4n) is 2.48. The zero-order chi connectivity index (χ0) is 13.5. The van der Waals surface area contributed by atoms with Crippen molar-refractivity contribution < 1.29 is 9.90 Å². The van der Waals surface area contributed by atoms with Crippen LogP contribution >= 0.6 is 0 Å². The normalized spacial score (nSPS) is 17.1. The summed E-state index contributed by atoms with van der Waals surface area (Å²) in [5.41, 5.74) is 1.08. The second kappa shape index (κ2) is 7.14. The maximum atomic E-state index is 11.6. The van der Waals surface area contributed by atoms with Crippen LogP contribution in [0.5, 0.6) is 0 Å². The Morgan fingerprint density at radius 1 is 1.26 bits per heavy atom. The summed E-state index contributed by atoms with van der Waals surface area (Å²) < 4.78 is 0. The van der Waals surface area contributed by atoms with E-state index in [0.29, 0.717) is 12.5 Å². The number of carbonyl (C=O) groups is 1. The van der Waals surface area contributed by atoms with E-state index in [-0.39, 0.29) is 12.6 Å². The van der Waals surface area contributed by atoms with Gasteiger partial charge in [-0.15, -0.1) is 0 Å². The third-order valence-corrected chi connectivity index (χ3v) is 3.50. The molecule has 1 aromatic rings. The fourth-order valence-corrected chi connectivity index (χ4v) is 2.48. The van der Waals surface area contributed by atoms with Crippen molar-refractivity contribution in [3.63, 3.8) is 0 Å². The molecule has 0 aliphatic heterocycles. The molecule has 1 aromatic carbocycles. The van der Waals surface area contributed by atoms with Gasteiger partial charge in [-0.2, -0.15) is 0 Å². The first-order valence-corrected chi connectivity index (χ1v) is 7.00. The number of hydrogen-bond acceptors (Lipinski definition) is 2. The van der Waals surface area contributed by atoms with Crippen molar-refractivity contribution in [2.45, 2.75) is 44.2 Å². The lowest BCUT2D eigenvalue weighted by atomic mass is 10.1. The molecular weight excluding hydrogens is 240 g/mol. The Hall–Kier alpha value is -1.55. The summed E-state index contributed by atoms with van der Waals surface area (Å²) in [7, 11) is 0. The number of hydrogen-bond donors (Lipinski definition) is 3. The number of rotatable bonds is 5. The third kappa shape index (κ3) is 4.91. The van der Waals surface area contributed by atoms with E-state index in [4.69, 9.17) is 0 Å². The SMILES string of the molecule is O=C(NCC(O)Cc1ccccc1)NC1CCCC1. The highest BCUT2D eigenvalue weighted by atomic mass is 16.3. The van der Waals surface area contributed by atoms with Crippen molar-refractivity contribution in [3.05, 3.63) is 35.9 Å². The summed E-state index contributed by atoms with van der Waals surface area (Å²) in [5.74, 6) is 0. The molecular formula is C15H22N2O2. The van der Waals surface area contributed by atoms with Gasteiger partial charge in [0.1, 0.15) is 0 Å². The van der Waals surface area contributed by atoms with E-state index in [1.54, 1.807) is 0 Å². The van der Waals surface area contributed by atoms with E-state index < -0.39 is 6.10 Å². The molecule has 0 radical (unpaired) electrons. The number of nitrogens with one attached hydrogen (secondary N) is 2. The van der Waals surface area contributed by atoms with Gasteiger partial charge in [-0.25, -0.2) is 4.79 Å². The molecule has 0 bridgehead atoms. The van der Waals surface area contributed by atoms with Gasteiger partial charge >= 0.3 is 6.03 Å². The molecule has 0 spiro atoms. The van der Waals surface area contributed by atoms with Crippen LogP contribution in [0.25, 0.3) is 0 Å². The van der Waals surface area contributed by atoms with Gasteiger partial charge in [-0.05, 0) is 18.4 Å². The summed E-state index contributed by atoms with van der Waals surface area (Å²) in [6.07, 6.45) is 4.55. The molecule has 104 valence electrons. The van der Waals surface area contributed by atoms with Gasteiger partial charge in [0.2, 0.25) is 0 Å². The first kappa shape index (κ1) is 13.9. The summed E-state index contributed by atoms with van der Waals surface area (Å²) in [6.45, 7) is 0.285. The summed E-state index contributed by atoms with van der Waals surface area (Å²) in [5, 5.41) is 15.5. The molecule has 1 unspecified atom stereocenters. The van der Waals surface area contributed by atoms with Crippen molar-refractivity contribution in [2.75, 3.05) is 6.54 Å². The quantitative estimate of drug-likeness (QED) is 0.758. The van der Waals surface area contributed by atoms with E-state index in [2.05, 4.69) is 10.6 Å². The maximum absolute atomic E-state index is 11.6. The monoisotopic (exact) mass is 262 g/mol. The molecule has 4 nitrogen and oxygen atoms in total. The highest BCUT2D eigenvalue weighted by Gasteiger charge is 2.17. The molecule has 4 heteroatoms. The molecule has 1 aliphatic rings. The van der Waals surface area contributed by atoms with Gasteiger partial charge < -0.3 is 15.7 Å². The number of carbonyl (C=O) groups excluding carboxylic acids is 1. The van der Waals surface area contributed by atoms with Crippen LogP contribution in [-0.2, 0) is 6.42 Å². The van der Waals surface area contributed by atoms with E-state index in [1.165, 1.54) is 12.8 Å². The van der Waals surface area contributed by atoms with Crippen molar-refractivity contribution in [3.8, 4) is 0 Å². The molecule has 0 aromatic heterocycles. The van der Waals surface area contributed by atoms with Gasteiger partial charge in [-0.3, -0.25) is 0 Å². The summed E-state index contributed by atoms with van der Waals surface area (Å²) >= 11 is 0. The summed E-state index contributed by atoms with van der Waals surface area (Å²) in [4.78, 5) is 11.6. The minimum absolute atomic E-state index is 0.168. The molecule has 2 amide bonds. The average molecular weight is 262 g/mol. The smallest absolute Gasteiger partial charge is 0.315 e. The van der Waals surface area contributed by atoms with Crippen LogP contribution in [0.2, 0.25) is 0 Å². The molecule has 1 atom stereocenters. The Morgan fingerprint density at radius 2 is 1.95 bits per heavy atom. The van der Waals surface area contributed by atoms with E-state index in [9.17, 15) is 9.90 Å². The molecule has 3 N–H and O–H groups in total. The molecule has 1 saturated carbocycles. The Kier molecular flexibility index (Phi) is 5.21. The standard InChI is InChI=1S/C15H22N2O2/c18-14(10-12-6-2-1-3-7-12)11-16-15(19)17-13-8-4-5-9-13/h1-3,6-7,13-14,18H,4-5,8-11H2,(H2,16,17,19). The Labute approximate surface area is 114 Å². The minimum atomic E-state index is -0.545. The predicted octanol–water partition coefficient (Wildman–Crippen LogP) is 1.83. The molecule has 1 aliphatic carbocycles. The lowest BCUT2D eigenvalue weighted by Crippen LogP contribution is -2.43. The fraction of sp³-hybridized carbons (Fsp3) is 0.533. The van der Waals surface area contributed by atoms with E-state index >= 15 is 0 Å². The van der Waals surface area contributed by atoms with Crippen molar-refractivity contribution >= 4 is 6.03 Å². The highest BCUT2D eigenvalue weighted by Crippen LogP contribution is 2.17. The highest BCUT2D eigenvalue weighted by molar-refractivity contribution is 5.74. The van der Waals surface area contributed by atoms with Crippen LogP contribution in [0.3, 0.4) is 0 Å². The van der Waals surface area contributed by atoms with Gasteiger partial charge in [-0.1, -0.05) is 43.2 Å². The first-order chi connectivity index (χ1) is 9.24. The first-order valence-electron chi connectivity index (χ1n) is 7.00. The topological polar surface area (TPSA) is 61.4 Å². The van der Waals surface area contributed by atoms with Crippen molar-refractivity contribution in [1.29, 1.82) is 0 Å². The predicted molar refractivity (Wildman–Crippen MR) is 74.9 cm³/mol. The average Bonchev–Trinajstić information content (AvgIpc) is 2.90. The number of amides is 2. The lowest BCUT2D eigenvalue weighted by Gasteiger charge is -2.15. The summed E-state index contributed by atoms with van der Waals surface area (Å²) in [6, 6.07) is 9.93. The van der Waals surface area contributed by atoms with Crippen molar-refractivity contribution in [2.24, 2.45) is 0 Å². The molecule has 2 rings (SSSR count). The maximum Gasteiger partial charge on any atom is 0.315 e. The second-order valence-corrected chi connectivity index (χ2v) is 5.18. The molecule has 19 heavy (non-hydrogen) atoms. The number of aliphatic hydroxyl groups excluding tert-OH is 1. The number of urea groups is 1. The van der Waals surface area contributed by atoms with Gasteiger partial charge in [0.15, 0.2) is 0 Å². The Morgan fingerprint density at radius 3 is 2.63 bits per heavy atom. The second-order valence-electron chi connectivity index (χ2n) is 5.18. The third-order valence-electron chi connectivity index (χ3n) is 3.50. The molecule has 1 fully saturated rings. The van der Waals surface area contributed by atoms with Crippen LogP contribution in [0.15, 0.2) is 30.3 Å². The molecule has 0 heterocycles. The molecule has 0 saturated heterocycles. The van der Waals surface area contributed by atoms with Crippen LogP contribution in [0.4, 0.5) is 4.79 Å². The van der Waals surface area contributed by atoms with Crippen LogP contribution in [-0.4, -0.2) is 29.8 Å². The van der Waals surface area contributed by atoms with Gasteiger partial charge in [0.25, 0.3) is 0 Å². The number of benzene rings is 1. The number of aliphatic hydroxyl groups is 1. The minimum Gasteiger partial charge on any atom is -0.391 e. The van der Waals surface area contributed by atoms with Crippen molar-refractivity contribution in [1.82, 2.24) is 10.6 Å². The largest absolute Gasteiger partial charge is 0.391 e. The Bertz CT molecular complexity index is 388. The Balaban J connectivity index is 1.65. The van der Waals surface area contributed by atoms with Crippen LogP contribution < -0.4 is 10.6 Å². The van der Waals surface area contributed by atoms with Gasteiger partial charge in [0, 0.05) is 19.0 Å². The lowest BCUT2D eigenvalue weighted by molar-refractivity contribution is 0.170. The van der Waals surface area contributed by atoms with E-state index in [1.807, 2.05) is 30.3 Å². The zero-order valence-corrected chi connectivity index (χ0v) is 11.1. The zero-order valence-electron chi connectivity index (χ0n) is 11.1. The van der Waals surface area contributed by atoms with Gasteiger partial charge in [0.05, 0.1) is 6.10 Å². The van der Waals surface area contributed by atoms with E-state index in [0.717, 1.165) is 18.4 Å².